The van der Waals surface area contributed by atoms with E-state index in [4.69, 9.17) is 9.47 Å². The van der Waals surface area contributed by atoms with E-state index < -0.39 is 0 Å². The van der Waals surface area contributed by atoms with Crippen LogP contribution in [0.4, 0.5) is 0 Å². The summed E-state index contributed by atoms with van der Waals surface area (Å²) in [5.74, 6) is 2.02. The van der Waals surface area contributed by atoms with Gasteiger partial charge in [-0.3, -0.25) is 14.5 Å². The van der Waals surface area contributed by atoms with E-state index in [-0.39, 0.29) is 24.6 Å². The normalized spacial score (nSPS) is 21.1. The lowest BCUT2D eigenvalue weighted by molar-refractivity contribution is -0.141. The molecule has 4 aliphatic rings. The first-order valence-corrected chi connectivity index (χ1v) is 13.0. The summed E-state index contributed by atoms with van der Waals surface area (Å²) < 4.78 is 10.8. The highest BCUT2D eigenvalue weighted by molar-refractivity contribution is 5.95. The zero-order valence-electron chi connectivity index (χ0n) is 20.2. The molecule has 3 heterocycles. The van der Waals surface area contributed by atoms with Crippen molar-refractivity contribution in [1.29, 1.82) is 0 Å². The summed E-state index contributed by atoms with van der Waals surface area (Å²) in [5, 5.41) is 0. The Morgan fingerprint density at radius 3 is 2.37 bits per heavy atom. The van der Waals surface area contributed by atoms with Crippen LogP contribution in [-0.2, 0) is 17.8 Å². The Morgan fingerprint density at radius 1 is 0.829 bits per heavy atom. The van der Waals surface area contributed by atoms with E-state index in [0.717, 1.165) is 38.9 Å². The Bertz CT molecular complexity index is 1110. The van der Waals surface area contributed by atoms with Crippen LogP contribution in [-0.4, -0.2) is 72.1 Å². The monoisotopic (exact) mass is 475 g/mol. The fraction of sp³-hybridized carbons (Fsp3) is 0.500. The lowest BCUT2D eigenvalue weighted by Crippen LogP contribution is -2.58. The molecule has 0 spiro atoms. The Labute approximate surface area is 206 Å². The highest BCUT2D eigenvalue weighted by Crippen LogP contribution is 2.34. The molecule has 1 saturated heterocycles. The molecule has 2 amide bonds. The van der Waals surface area contributed by atoms with E-state index in [1.807, 2.05) is 4.90 Å². The molecule has 0 aromatic heterocycles. The number of hydrogen-bond donors (Lipinski definition) is 0. The first-order chi connectivity index (χ1) is 17.2. The van der Waals surface area contributed by atoms with Gasteiger partial charge >= 0.3 is 0 Å². The molecule has 2 aromatic carbocycles. The summed E-state index contributed by atoms with van der Waals surface area (Å²) in [5.41, 5.74) is 3.26. The molecule has 7 nitrogen and oxygen atoms in total. The number of hydrogen-bond acceptors (Lipinski definition) is 5. The largest absolute Gasteiger partial charge is 0.454 e. The molecule has 3 aliphatic heterocycles. The molecular weight excluding hydrogens is 442 g/mol. The van der Waals surface area contributed by atoms with Crippen molar-refractivity contribution in [1.82, 2.24) is 14.7 Å². The van der Waals surface area contributed by atoms with Gasteiger partial charge in [-0.25, -0.2) is 0 Å². The zero-order chi connectivity index (χ0) is 23.8. The zero-order valence-corrected chi connectivity index (χ0v) is 20.2. The molecule has 1 aliphatic carbocycles. The van der Waals surface area contributed by atoms with Crippen molar-refractivity contribution in [2.75, 3.05) is 39.5 Å². The second-order valence-electron chi connectivity index (χ2n) is 10.2. The summed E-state index contributed by atoms with van der Waals surface area (Å²) in [4.78, 5) is 33.4. The van der Waals surface area contributed by atoms with E-state index in [1.165, 1.54) is 24.0 Å². The fourth-order valence-electron chi connectivity index (χ4n) is 6.22. The van der Waals surface area contributed by atoms with Gasteiger partial charge in [-0.15, -0.1) is 0 Å². The number of carbonyl (C=O) groups excluding carboxylic acids is 2. The van der Waals surface area contributed by atoms with Crippen LogP contribution in [0.15, 0.2) is 42.5 Å². The average molecular weight is 476 g/mol. The van der Waals surface area contributed by atoms with Crippen molar-refractivity contribution >= 4 is 11.8 Å². The first kappa shape index (κ1) is 22.4. The molecule has 7 heteroatoms. The van der Waals surface area contributed by atoms with Crippen molar-refractivity contribution in [2.45, 2.75) is 44.7 Å². The van der Waals surface area contributed by atoms with Crippen LogP contribution in [0, 0.1) is 5.92 Å². The summed E-state index contributed by atoms with van der Waals surface area (Å²) >= 11 is 0. The van der Waals surface area contributed by atoms with Gasteiger partial charge in [0.25, 0.3) is 5.91 Å². The van der Waals surface area contributed by atoms with Gasteiger partial charge < -0.3 is 19.3 Å². The van der Waals surface area contributed by atoms with Gasteiger partial charge in [-0.1, -0.05) is 37.1 Å². The summed E-state index contributed by atoms with van der Waals surface area (Å²) in [6.45, 7) is 4.42. The van der Waals surface area contributed by atoms with Gasteiger partial charge in [-0.05, 0) is 54.5 Å². The Hall–Kier alpha value is -3.06. The van der Waals surface area contributed by atoms with E-state index in [9.17, 15) is 9.59 Å². The van der Waals surface area contributed by atoms with Gasteiger partial charge in [-0.2, -0.15) is 0 Å². The maximum atomic E-state index is 13.9. The molecule has 1 atom stereocenters. The minimum atomic E-state index is -0.0782. The van der Waals surface area contributed by atoms with Crippen LogP contribution >= 0.6 is 0 Å². The maximum Gasteiger partial charge on any atom is 0.254 e. The molecule has 0 radical (unpaired) electrons. The number of carbonyl (C=O) groups is 2. The van der Waals surface area contributed by atoms with Gasteiger partial charge in [0.2, 0.25) is 12.7 Å². The fourth-order valence-corrected chi connectivity index (χ4v) is 6.22. The molecule has 1 saturated carbocycles. The van der Waals surface area contributed by atoms with E-state index >= 15 is 0 Å². The van der Waals surface area contributed by atoms with Gasteiger partial charge in [0.15, 0.2) is 11.5 Å². The predicted molar refractivity (Wildman–Crippen MR) is 131 cm³/mol. The Balaban J connectivity index is 1.14. The molecule has 0 N–H and O–H groups in total. The Morgan fingerprint density at radius 2 is 1.57 bits per heavy atom. The van der Waals surface area contributed by atoms with Crippen molar-refractivity contribution in [3.05, 3.63) is 59.2 Å². The second kappa shape index (κ2) is 9.53. The van der Waals surface area contributed by atoms with Gasteiger partial charge in [0.05, 0.1) is 6.04 Å². The summed E-state index contributed by atoms with van der Waals surface area (Å²) in [6.07, 6.45) is 5.59. The molecule has 0 unspecified atom stereocenters. The number of amides is 2. The standard InChI is InChI=1S/C28H33N3O4/c32-27(22-9-10-24-25(17-22)35-19-34-24)30-15-13-29(14-16-30)26(21-6-2-3-7-21)28(33)31-12-11-20-5-1-4-8-23(20)18-31/h1,4-5,8-10,17,21,26H,2-3,6-7,11-16,18-19H2/t26-/m0/s1. The first-order valence-electron chi connectivity index (χ1n) is 13.0. The molecule has 6 rings (SSSR count). The SMILES string of the molecule is O=C(c1ccc2c(c1)OCO2)N1CCN([C@H](C(=O)N2CCc3ccccc3C2)C2CCCC2)CC1. The highest BCUT2D eigenvalue weighted by Gasteiger charge is 2.40. The minimum Gasteiger partial charge on any atom is -0.454 e. The summed E-state index contributed by atoms with van der Waals surface area (Å²) in [6, 6.07) is 13.8. The number of nitrogens with zero attached hydrogens (tertiary/aromatic N) is 3. The number of rotatable bonds is 4. The lowest BCUT2D eigenvalue weighted by Gasteiger charge is -2.43. The third-order valence-corrected chi connectivity index (χ3v) is 8.16. The van der Waals surface area contributed by atoms with Crippen molar-refractivity contribution in [3.63, 3.8) is 0 Å². The Kier molecular flexibility index (Phi) is 6.10. The van der Waals surface area contributed by atoms with E-state index in [2.05, 4.69) is 34.1 Å². The molecule has 184 valence electrons. The number of benzene rings is 2. The van der Waals surface area contributed by atoms with Gasteiger partial charge in [0, 0.05) is 44.8 Å². The topological polar surface area (TPSA) is 62.3 Å². The van der Waals surface area contributed by atoms with Crippen LogP contribution in [0.25, 0.3) is 0 Å². The van der Waals surface area contributed by atoms with Crippen molar-refractivity contribution < 1.29 is 19.1 Å². The molecule has 2 aromatic rings. The number of ether oxygens (including phenoxy) is 2. The lowest BCUT2D eigenvalue weighted by atomic mass is 9.92. The third-order valence-electron chi connectivity index (χ3n) is 8.16. The molecular formula is C28H33N3O4. The smallest absolute Gasteiger partial charge is 0.254 e. The highest BCUT2D eigenvalue weighted by atomic mass is 16.7. The van der Waals surface area contributed by atoms with E-state index in [0.29, 0.717) is 42.6 Å². The average Bonchev–Trinajstić information content (AvgIpc) is 3.60. The van der Waals surface area contributed by atoms with Crippen LogP contribution < -0.4 is 9.47 Å². The van der Waals surface area contributed by atoms with Crippen LogP contribution in [0.1, 0.15) is 47.2 Å². The van der Waals surface area contributed by atoms with Crippen molar-refractivity contribution in [2.24, 2.45) is 5.92 Å². The second-order valence-corrected chi connectivity index (χ2v) is 10.2. The number of fused-ring (bicyclic) bond motifs is 2. The van der Waals surface area contributed by atoms with Gasteiger partial charge in [0.1, 0.15) is 0 Å². The van der Waals surface area contributed by atoms with E-state index in [1.54, 1.807) is 18.2 Å². The maximum absolute atomic E-state index is 13.9. The van der Waals surface area contributed by atoms with Crippen LogP contribution in [0.5, 0.6) is 11.5 Å². The van der Waals surface area contributed by atoms with Crippen molar-refractivity contribution in [3.8, 4) is 11.5 Å². The minimum absolute atomic E-state index is 0.0133. The third kappa shape index (κ3) is 4.38. The molecule has 0 bridgehead atoms. The van der Waals surface area contributed by atoms with Crippen LogP contribution in [0.3, 0.4) is 0 Å². The number of piperazine rings is 1. The quantitative estimate of drug-likeness (QED) is 0.679. The summed E-state index contributed by atoms with van der Waals surface area (Å²) in [7, 11) is 0. The molecule has 2 fully saturated rings. The predicted octanol–water partition coefficient (Wildman–Crippen LogP) is 3.32. The molecule has 35 heavy (non-hydrogen) atoms. The van der Waals surface area contributed by atoms with Crippen LogP contribution in [0.2, 0.25) is 0 Å².